The molecule has 4 rings (SSSR count). The summed E-state index contributed by atoms with van der Waals surface area (Å²) >= 11 is 2.03. The summed E-state index contributed by atoms with van der Waals surface area (Å²) in [6, 6.07) is 22.8. The maximum Gasteiger partial charge on any atom is 0.0594 e. The number of thioether (sulfide) groups is 1. The van der Waals surface area contributed by atoms with Crippen molar-refractivity contribution in [3.8, 4) is 5.69 Å². The molecule has 1 heterocycles. The lowest BCUT2D eigenvalue weighted by atomic mass is 10.1. The second-order valence-corrected chi connectivity index (χ2v) is 16.0. The quantitative estimate of drug-likeness (QED) is 0.115. The first-order valence-electron chi connectivity index (χ1n) is 13.1. The number of aryl methyl sites for hydroxylation is 2. The van der Waals surface area contributed by atoms with E-state index in [0.717, 1.165) is 0 Å². The molecule has 0 unspecified atom stereocenters. The summed E-state index contributed by atoms with van der Waals surface area (Å²) in [6.45, 7) is 11.6. The van der Waals surface area contributed by atoms with Crippen LogP contribution in [0.25, 0.3) is 27.5 Å². The van der Waals surface area contributed by atoms with Crippen LogP contribution in [0.3, 0.4) is 0 Å². The Kier molecular flexibility index (Phi) is 8.43. The van der Waals surface area contributed by atoms with E-state index in [2.05, 4.69) is 99.8 Å². The Labute approximate surface area is 211 Å². The Morgan fingerprint density at radius 2 is 1.29 bits per heavy atom. The average Bonchev–Trinajstić information content (AvgIpc) is 3.17. The highest BCUT2D eigenvalue weighted by molar-refractivity contribution is 7.99. The molecule has 3 heteroatoms. The second-order valence-electron chi connectivity index (χ2n) is 9.79. The first-order chi connectivity index (χ1) is 16.5. The van der Waals surface area contributed by atoms with Crippen molar-refractivity contribution < 1.29 is 0 Å². The van der Waals surface area contributed by atoms with E-state index < -0.39 is 7.26 Å². The van der Waals surface area contributed by atoms with Crippen LogP contribution in [0, 0.1) is 13.8 Å². The molecule has 0 spiro atoms. The van der Waals surface area contributed by atoms with Gasteiger partial charge in [0.25, 0.3) is 0 Å². The summed E-state index contributed by atoms with van der Waals surface area (Å²) < 4.78 is 2.42. The SMILES string of the molecule is CC[P+](CC)(CC)CCCCCSc1ccc2c(c1)c1cc(C)ccc1n2-c1ccc(C)cc1. The predicted molar refractivity (Wildman–Crippen MR) is 158 cm³/mol. The van der Waals surface area contributed by atoms with Crippen LogP contribution in [0.5, 0.6) is 0 Å². The van der Waals surface area contributed by atoms with E-state index in [-0.39, 0.29) is 0 Å². The summed E-state index contributed by atoms with van der Waals surface area (Å²) in [5.74, 6) is 1.22. The van der Waals surface area contributed by atoms with Gasteiger partial charge < -0.3 is 4.57 Å². The van der Waals surface area contributed by atoms with Crippen molar-refractivity contribution in [3.63, 3.8) is 0 Å². The molecule has 0 aliphatic heterocycles. The molecule has 34 heavy (non-hydrogen) atoms. The number of unbranched alkanes of at least 4 members (excludes halogenated alkanes) is 2. The molecule has 1 aromatic heterocycles. The highest BCUT2D eigenvalue weighted by atomic mass is 32.2. The summed E-state index contributed by atoms with van der Waals surface area (Å²) in [5, 5.41) is 2.73. The Balaban J connectivity index is 1.50. The van der Waals surface area contributed by atoms with Crippen LogP contribution < -0.4 is 0 Å². The van der Waals surface area contributed by atoms with Crippen molar-refractivity contribution in [2.45, 2.75) is 58.8 Å². The summed E-state index contributed by atoms with van der Waals surface area (Å²) in [6.07, 6.45) is 9.93. The summed E-state index contributed by atoms with van der Waals surface area (Å²) in [7, 11) is -0.636. The topological polar surface area (TPSA) is 4.93 Å². The van der Waals surface area contributed by atoms with Crippen LogP contribution in [0.1, 0.15) is 51.2 Å². The Morgan fingerprint density at radius 3 is 1.97 bits per heavy atom. The fraction of sp³-hybridized carbons (Fsp3) is 0.419. The molecule has 0 fully saturated rings. The van der Waals surface area contributed by atoms with Gasteiger partial charge in [-0.1, -0.05) is 29.3 Å². The van der Waals surface area contributed by atoms with E-state index in [4.69, 9.17) is 0 Å². The largest absolute Gasteiger partial charge is 0.309 e. The minimum absolute atomic E-state index is 0.636. The number of hydrogen-bond donors (Lipinski definition) is 0. The van der Waals surface area contributed by atoms with E-state index in [0.29, 0.717) is 0 Å². The van der Waals surface area contributed by atoms with Gasteiger partial charge in [-0.05, 0) is 102 Å². The van der Waals surface area contributed by atoms with Gasteiger partial charge in [-0.25, -0.2) is 0 Å². The van der Waals surface area contributed by atoms with E-state index in [1.165, 1.54) is 93.2 Å². The first-order valence-corrected chi connectivity index (χ1v) is 16.6. The van der Waals surface area contributed by atoms with Gasteiger partial charge >= 0.3 is 0 Å². The molecule has 0 radical (unpaired) electrons. The molecule has 0 aliphatic carbocycles. The minimum Gasteiger partial charge on any atom is -0.309 e. The summed E-state index contributed by atoms with van der Waals surface area (Å²) in [5.41, 5.74) is 6.44. The Hall–Kier alpha value is -1.76. The lowest BCUT2D eigenvalue weighted by Crippen LogP contribution is -2.07. The third kappa shape index (κ3) is 5.39. The van der Waals surface area contributed by atoms with Gasteiger partial charge in [-0.2, -0.15) is 0 Å². The van der Waals surface area contributed by atoms with Gasteiger partial charge in [0.2, 0.25) is 0 Å². The minimum atomic E-state index is -0.636. The van der Waals surface area contributed by atoms with E-state index in [9.17, 15) is 0 Å². The molecule has 1 nitrogen and oxygen atoms in total. The van der Waals surface area contributed by atoms with Crippen LogP contribution in [0.15, 0.2) is 65.6 Å². The molecule has 0 amide bonds. The van der Waals surface area contributed by atoms with E-state index in [1.807, 2.05) is 11.8 Å². The number of rotatable bonds is 11. The maximum atomic E-state index is 2.42. The molecule has 4 aromatic rings. The van der Waals surface area contributed by atoms with E-state index >= 15 is 0 Å². The third-order valence-corrected chi connectivity index (χ3v) is 14.1. The van der Waals surface area contributed by atoms with Gasteiger partial charge in [0.05, 0.1) is 35.7 Å². The zero-order chi connectivity index (χ0) is 24.1. The monoisotopic (exact) mass is 490 g/mol. The number of nitrogens with zero attached hydrogens (tertiary/aromatic N) is 1. The number of benzene rings is 3. The average molecular weight is 491 g/mol. The zero-order valence-corrected chi connectivity index (χ0v) is 23.4. The molecular weight excluding hydrogens is 449 g/mol. The van der Waals surface area contributed by atoms with Crippen molar-refractivity contribution in [1.82, 2.24) is 4.57 Å². The fourth-order valence-corrected chi connectivity index (χ4v) is 9.37. The van der Waals surface area contributed by atoms with Gasteiger partial charge in [0.1, 0.15) is 0 Å². The van der Waals surface area contributed by atoms with Gasteiger partial charge in [-0.15, -0.1) is 11.8 Å². The summed E-state index contributed by atoms with van der Waals surface area (Å²) in [4.78, 5) is 1.40. The highest BCUT2D eigenvalue weighted by Crippen LogP contribution is 2.58. The van der Waals surface area contributed by atoms with E-state index in [1.54, 1.807) is 0 Å². The molecule has 3 aromatic carbocycles. The van der Waals surface area contributed by atoms with Crippen LogP contribution >= 0.6 is 19.0 Å². The highest BCUT2D eigenvalue weighted by Gasteiger charge is 2.29. The van der Waals surface area contributed by atoms with Crippen LogP contribution in [0.2, 0.25) is 0 Å². The molecule has 0 atom stereocenters. The smallest absolute Gasteiger partial charge is 0.0594 e. The van der Waals surface area contributed by atoms with Crippen molar-refractivity contribution in [3.05, 3.63) is 71.8 Å². The zero-order valence-electron chi connectivity index (χ0n) is 21.7. The molecule has 0 saturated heterocycles. The fourth-order valence-electron chi connectivity index (χ4n) is 5.24. The van der Waals surface area contributed by atoms with Crippen molar-refractivity contribution >= 4 is 40.8 Å². The number of fused-ring (bicyclic) bond motifs is 3. The van der Waals surface area contributed by atoms with Crippen molar-refractivity contribution in [2.75, 3.05) is 30.4 Å². The molecule has 180 valence electrons. The van der Waals surface area contributed by atoms with Crippen LogP contribution in [-0.2, 0) is 0 Å². The molecule has 0 saturated carbocycles. The predicted octanol–water partition coefficient (Wildman–Crippen LogP) is 9.74. The molecular formula is C31H41NPS+. The number of hydrogen-bond acceptors (Lipinski definition) is 1. The van der Waals surface area contributed by atoms with Gasteiger partial charge in [0.15, 0.2) is 0 Å². The lowest BCUT2D eigenvalue weighted by Gasteiger charge is -2.23. The van der Waals surface area contributed by atoms with Gasteiger partial charge in [0, 0.05) is 28.6 Å². The van der Waals surface area contributed by atoms with Crippen molar-refractivity contribution in [1.29, 1.82) is 0 Å². The van der Waals surface area contributed by atoms with Crippen LogP contribution in [0.4, 0.5) is 0 Å². The maximum absolute atomic E-state index is 2.42. The van der Waals surface area contributed by atoms with Gasteiger partial charge in [-0.3, -0.25) is 0 Å². The number of aromatic nitrogens is 1. The van der Waals surface area contributed by atoms with Crippen LogP contribution in [-0.4, -0.2) is 35.0 Å². The normalized spacial score (nSPS) is 12.1. The second kappa shape index (κ2) is 11.3. The third-order valence-electron chi connectivity index (χ3n) is 7.74. The molecule has 0 N–H and O–H groups in total. The molecule has 0 bridgehead atoms. The Morgan fingerprint density at radius 1 is 0.676 bits per heavy atom. The molecule has 0 aliphatic rings. The lowest BCUT2D eigenvalue weighted by molar-refractivity contribution is 0.778. The standard InChI is InChI=1S/C31H41NPS/c1-6-33(7-2,8-3)20-10-9-11-21-34-27-17-19-31-29(23-27)28-22-25(5)14-18-30(28)32(31)26-15-12-24(4)13-16-26/h12-19,22-23H,6-11,20-21H2,1-5H3/q+1. The van der Waals surface area contributed by atoms with Crippen molar-refractivity contribution in [2.24, 2.45) is 0 Å². The first kappa shape index (κ1) is 25.3. The Bertz CT molecular complexity index is 1230.